The SMILES string of the molecule is CN(C)CCC1CCN(c2ccc(N)cc2)CC1.CN(C)CCC1CCN(c2ccc([N+](=O)[O-])cc2)CC1. The van der Waals surface area contributed by atoms with Crippen LogP contribution >= 0.6 is 0 Å². The van der Waals surface area contributed by atoms with Crippen LogP contribution in [-0.4, -0.2) is 82.2 Å². The smallest absolute Gasteiger partial charge is 0.269 e. The number of nitro benzene ring substituents is 1. The molecule has 0 amide bonds. The number of rotatable bonds is 9. The summed E-state index contributed by atoms with van der Waals surface area (Å²) in [6, 6.07) is 15.2. The summed E-state index contributed by atoms with van der Waals surface area (Å²) in [5.41, 5.74) is 9.15. The topological polar surface area (TPSA) is 82.1 Å². The van der Waals surface area contributed by atoms with Gasteiger partial charge in [-0.3, -0.25) is 10.1 Å². The number of nitro groups is 1. The Labute approximate surface area is 229 Å². The maximum Gasteiger partial charge on any atom is 0.269 e. The molecule has 38 heavy (non-hydrogen) atoms. The van der Waals surface area contributed by atoms with E-state index in [1.807, 2.05) is 24.3 Å². The van der Waals surface area contributed by atoms with Gasteiger partial charge in [0.15, 0.2) is 0 Å². The lowest BCUT2D eigenvalue weighted by molar-refractivity contribution is -0.384. The van der Waals surface area contributed by atoms with E-state index in [1.54, 1.807) is 12.1 Å². The van der Waals surface area contributed by atoms with Gasteiger partial charge in [0.05, 0.1) is 4.92 Å². The number of nitrogens with zero attached hydrogens (tertiary/aromatic N) is 5. The van der Waals surface area contributed by atoms with Gasteiger partial charge in [-0.15, -0.1) is 0 Å². The molecule has 0 aliphatic carbocycles. The van der Waals surface area contributed by atoms with Crippen molar-refractivity contribution in [3.05, 3.63) is 58.6 Å². The van der Waals surface area contributed by atoms with Crippen molar-refractivity contribution in [2.45, 2.75) is 38.5 Å². The first kappa shape index (κ1) is 29.7. The highest BCUT2D eigenvalue weighted by atomic mass is 16.6. The number of nitrogen functional groups attached to an aromatic ring is 1. The van der Waals surface area contributed by atoms with Gasteiger partial charge in [-0.2, -0.15) is 0 Å². The third kappa shape index (κ3) is 9.80. The Bertz CT molecular complexity index is 948. The maximum absolute atomic E-state index is 10.6. The summed E-state index contributed by atoms with van der Waals surface area (Å²) in [7, 11) is 8.55. The van der Waals surface area contributed by atoms with Gasteiger partial charge in [0.2, 0.25) is 0 Å². The zero-order chi connectivity index (χ0) is 27.5. The first-order valence-corrected chi connectivity index (χ1v) is 14.1. The third-order valence-electron chi connectivity index (χ3n) is 7.88. The zero-order valence-corrected chi connectivity index (χ0v) is 23.9. The highest BCUT2D eigenvalue weighted by Gasteiger charge is 2.20. The number of hydrogen-bond acceptors (Lipinski definition) is 7. The van der Waals surface area contributed by atoms with E-state index in [1.165, 1.54) is 63.8 Å². The molecule has 2 aliphatic rings. The van der Waals surface area contributed by atoms with Gasteiger partial charge in [-0.05, 0) is 128 Å². The van der Waals surface area contributed by atoms with E-state index >= 15 is 0 Å². The van der Waals surface area contributed by atoms with Crippen molar-refractivity contribution < 1.29 is 4.92 Å². The van der Waals surface area contributed by atoms with Crippen LogP contribution in [0.25, 0.3) is 0 Å². The molecule has 0 saturated carbocycles. The van der Waals surface area contributed by atoms with Crippen molar-refractivity contribution in [2.24, 2.45) is 11.8 Å². The Hall–Kier alpha value is -2.84. The number of benzene rings is 2. The van der Waals surface area contributed by atoms with E-state index in [-0.39, 0.29) is 10.6 Å². The van der Waals surface area contributed by atoms with E-state index in [4.69, 9.17) is 5.73 Å². The van der Waals surface area contributed by atoms with Gasteiger partial charge >= 0.3 is 0 Å². The number of anilines is 3. The molecule has 0 bridgehead atoms. The van der Waals surface area contributed by atoms with Gasteiger partial charge in [0.25, 0.3) is 5.69 Å². The zero-order valence-electron chi connectivity index (χ0n) is 23.9. The first-order valence-electron chi connectivity index (χ1n) is 14.1. The van der Waals surface area contributed by atoms with E-state index in [0.29, 0.717) is 0 Å². The van der Waals surface area contributed by atoms with Crippen LogP contribution in [-0.2, 0) is 0 Å². The second-order valence-electron chi connectivity index (χ2n) is 11.4. The normalized spacial score (nSPS) is 17.0. The molecular formula is C30H48N6O2. The Morgan fingerprint density at radius 1 is 0.737 bits per heavy atom. The minimum Gasteiger partial charge on any atom is -0.399 e. The highest BCUT2D eigenvalue weighted by molar-refractivity contribution is 5.53. The van der Waals surface area contributed by atoms with Crippen molar-refractivity contribution in [1.82, 2.24) is 9.80 Å². The molecule has 2 aliphatic heterocycles. The van der Waals surface area contributed by atoms with Crippen molar-refractivity contribution in [3.8, 4) is 0 Å². The Kier molecular flexibility index (Phi) is 11.7. The van der Waals surface area contributed by atoms with E-state index in [2.05, 4.69) is 59.9 Å². The molecule has 0 unspecified atom stereocenters. The standard InChI is InChI=1S/C15H23N3O2.C15H25N3/c1-16(2)10-7-13-8-11-17(12-9-13)14-3-5-15(6-4-14)18(19)20;1-17(2)10-7-13-8-11-18(12-9-13)15-5-3-14(16)4-6-15/h3-6,13H,7-12H2,1-2H3;3-6,13H,7-12,16H2,1-2H3. The van der Waals surface area contributed by atoms with Gasteiger partial charge in [-0.1, -0.05) is 0 Å². The van der Waals surface area contributed by atoms with Crippen LogP contribution in [0.3, 0.4) is 0 Å². The van der Waals surface area contributed by atoms with Gasteiger partial charge < -0.3 is 25.3 Å². The molecular weight excluding hydrogens is 476 g/mol. The Morgan fingerprint density at radius 2 is 1.11 bits per heavy atom. The number of piperidine rings is 2. The van der Waals surface area contributed by atoms with Crippen molar-refractivity contribution in [2.75, 3.05) is 83.0 Å². The lowest BCUT2D eigenvalue weighted by atomic mass is 9.93. The predicted molar refractivity (Wildman–Crippen MR) is 160 cm³/mol. The first-order chi connectivity index (χ1) is 18.2. The molecule has 0 aromatic heterocycles. The fourth-order valence-corrected chi connectivity index (χ4v) is 5.31. The second kappa shape index (κ2) is 14.9. The largest absolute Gasteiger partial charge is 0.399 e. The summed E-state index contributed by atoms with van der Waals surface area (Å²) in [5.74, 6) is 1.71. The molecule has 0 radical (unpaired) electrons. The molecule has 2 saturated heterocycles. The maximum atomic E-state index is 10.6. The molecule has 0 atom stereocenters. The summed E-state index contributed by atoms with van der Waals surface area (Å²) in [6.45, 7) is 6.84. The molecule has 8 heteroatoms. The Morgan fingerprint density at radius 3 is 1.45 bits per heavy atom. The van der Waals surface area contributed by atoms with Crippen LogP contribution in [0.4, 0.5) is 22.7 Å². The fraction of sp³-hybridized carbons (Fsp3) is 0.600. The van der Waals surface area contributed by atoms with Crippen molar-refractivity contribution in [1.29, 1.82) is 0 Å². The van der Waals surface area contributed by atoms with Crippen LogP contribution in [0.15, 0.2) is 48.5 Å². The summed E-state index contributed by atoms with van der Waals surface area (Å²) >= 11 is 0. The molecule has 2 N–H and O–H groups in total. The van der Waals surface area contributed by atoms with Gasteiger partial charge in [0, 0.05) is 55.4 Å². The van der Waals surface area contributed by atoms with Crippen molar-refractivity contribution >= 4 is 22.7 Å². The monoisotopic (exact) mass is 524 g/mol. The predicted octanol–water partition coefficient (Wildman–Crippen LogP) is 5.20. The van der Waals surface area contributed by atoms with Crippen molar-refractivity contribution in [3.63, 3.8) is 0 Å². The molecule has 2 aromatic rings. The molecule has 8 nitrogen and oxygen atoms in total. The molecule has 2 aromatic carbocycles. The molecule has 210 valence electrons. The lowest BCUT2D eigenvalue weighted by Gasteiger charge is -2.34. The van der Waals surface area contributed by atoms with Crippen LogP contribution < -0.4 is 15.5 Å². The molecule has 0 spiro atoms. The van der Waals surface area contributed by atoms with Crippen LogP contribution in [0, 0.1) is 22.0 Å². The van der Waals surface area contributed by atoms with E-state index < -0.39 is 0 Å². The van der Waals surface area contributed by atoms with Crippen LogP contribution in [0.1, 0.15) is 38.5 Å². The molecule has 2 heterocycles. The number of hydrogen-bond donors (Lipinski definition) is 1. The molecule has 4 rings (SSSR count). The fourth-order valence-electron chi connectivity index (χ4n) is 5.31. The second-order valence-corrected chi connectivity index (χ2v) is 11.4. The summed E-state index contributed by atoms with van der Waals surface area (Å²) in [4.78, 5) is 19.6. The number of nitrogens with two attached hydrogens (primary N) is 1. The summed E-state index contributed by atoms with van der Waals surface area (Å²) in [6.07, 6.45) is 7.66. The highest BCUT2D eigenvalue weighted by Crippen LogP contribution is 2.27. The Balaban J connectivity index is 0.000000212. The molecule has 2 fully saturated rings. The average molecular weight is 525 g/mol. The minimum atomic E-state index is -0.350. The average Bonchev–Trinajstić information content (AvgIpc) is 2.92. The van der Waals surface area contributed by atoms with Gasteiger partial charge in [-0.25, -0.2) is 0 Å². The van der Waals surface area contributed by atoms with E-state index in [9.17, 15) is 10.1 Å². The van der Waals surface area contributed by atoms with Gasteiger partial charge in [0.1, 0.15) is 0 Å². The van der Waals surface area contributed by atoms with E-state index in [0.717, 1.165) is 42.8 Å². The van der Waals surface area contributed by atoms with Crippen LogP contribution in [0.2, 0.25) is 0 Å². The summed E-state index contributed by atoms with van der Waals surface area (Å²) in [5, 5.41) is 10.6. The minimum absolute atomic E-state index is 0.162. The quantitative estimate of drug-likeness (QED) is 0.274. The summed E-state index contributed by atoms with van der Waals surface area (Å²) < 4.78 is 0. The third-order valence-corrected chi connectivity index (χ3v) is 7.88. The lowest BCUT2D eigenvalue weighted by Crippen LogP contribution is -2.34. The van der Waals surface area contributed by atoms with Crippen LogP contribution in [0.5, 0.6) is 0 Å². The number of non-ortho nitro benzene ring substituents is 1.